The highest BCUT2D eigenvalue weighted by atomic mass is 32.1. The van der Waals surface area contributed by atoms with E-state index in [2.05, 4.69) is 20.6 Å². The van der Waals surface area contributed by atoms with E-state index in [0.717, 1.165) is 16.5 Å². The standard InChI is InChI=1S/C27H21N5O5S/c33-25(31-26-29-24(16-38-26)17-10-12-19(13-11-17)32(35)36)23(30-27(34)37-20-6-2-1-3-7-20)14-18-15-28-22-9-5-4-8-21(18)22/h1-13,15-16,23,28H,14H2,(H,30,34)(H,29,31,33)/t23-/m0/s1. The molecular weight excluding hydrogens is 506 g/mol. The number of anilines is 1. The highest BCUT2D eigenvalue weighted by molar-refractivity contribution is 7.14. The zero-order chi connectivity index (χ0) is 26.5. The molecule has 1 atom stereocenters. The van der Waals surface area contributed by atoms with Gasteiger partial charge in [-0.15, -0.1) is 11.3 Å². The van der Waals surface area contributed by atoms with E-state index >= 15 is 0 Å². The number of H-pyrrole nitrogens is 1. The number of ether oxygens (including phenoxy) is 1. The maximum Gasteiger partial charge on any atom is 0.413 e. The Morgan fingerprint density at radius 3 is 2.53 bits per heavy atom. The van der Waals surface area contributed by atoms with Crippen molar-refractivity contribution in [3.63, 3.8) is 0 Å². The van der Waals surface area contributed by atoms with Crippen molar-refractivity contribution in [2.24, 2.45) is 0 Å². The second kappa shape index (κ2) is 10.9. The third-order valence-electron chi connectivity index (χ3n) is 5.77. The zero-order valence-electron chi connectivity index (χ0n) is 19.8. The molecule has 5 rings (SSSR count). The van der Waals surface area contributed by atoms with Gasteiger partial charge in [-0.05, 0) is 35.9 Å². The minimum Gasteiger partial charge on any atom is -0.410 e. The predicted molar refractivity (Wildman–Crippen MR) is 144 cm³/mol. The van der Waals surface area contributed by atoms with Gasteiger partial charge >= 0.3 is 6.09 Å². The number of carbonyl (C=O) groups excluding carboxylic acids is 2. The van der Waals surface area contributed by atoms with Crippen molar-refractivity contribution in [2.45, 2.75) is 12.5 Å². The molecule has 3 aromatic carbocycles. The second-order valence-electron chi connectivity index (χ2n) is 8.29. The van der Waals surface area contributed by atoms with Crippen LogP contribution in [0, 0.1) is 10.1 Å². The molecule has 0 aliphatic carbocycles. The highest BCUT2D eigenvalue weighted by Gasteiger charge is 2.25. The molecule has 0 spiro atoms. The fourth-order valence-electron chi connectivity index (χ4n) is 3.91. The lowest BCUT2D eigenvalue weighted by molar-refractivity contribution is -0.384. The normalized spacial score (nSPS) is 11.6. The Labute approximate surface area is 220 Å². The molecule has 0 aliphatic rings. The Hall–Kier alpha value is -5.03. The molecule has 0 saturated carbocycles. The summed E-state index contributed by atoms with van der Waals surface area (Å²) in [5, 5.41) is 19.4. The average molecular weight is 528 g/mol. The highest BCUT2D eigenvalue weighted by Crippen LogP contribution is 2.27. The smallest absolute Gasteiger partial charge is 0.410 e. The van der Waals surface area contributed by atoms with Crippen LogP contribution in [0.25, 0.3) is 22.2 Å². The number of benzene rings is 3. The quantitative estimate of drug-likeness (QED) is 0.179. The molecule has 2 heterocycles. The van der Waals surface area contributed by atoms with Crippen LogP contribution >= 0.6 is 11.3 Å². The summed E-state index contributed by atoms with van der Waals surface area (Å²) < 4.78 is 5.34. The minimum absolute atomic E-state index is 0.0221. The number of amides is 2. The second-order valence-corrected chi connectivity index (χ2v) is 9.15. The number of nitrogens with one attached hydrogen (secondary N) is 3. The van der Waals surface area contributed by atoms with Gasteiger partial charge < -0.3 is 20.4 Å². The summed E-state index contributed by atoms with van der Waals surface area (Å²) in [4.78, 5) is 44.0. The van der Waals surface area contributed by atoms with E-state index in [-0.39, 0.29) is 12.1 Å². The maximum absolute atomic E-state index is 13.3. The number of para-hydroxylation sites is 2. The molecule has 11 heteroatoms. The first kappa shape index (κ1) is 24.7. The lowest BCUT2D eigenvalue weighted by Crippen LogP contribution is -2.46. The molecule has 0 fully saturated rings. The van der Waals surface area contributed by atoms with Crippen LogP contribution in [0.3, 0.4) is 0 Å². The minimum atomic E-state index is -0.961. The monoisotopic (exact) mass is 527 g/mol. The molecule has 5 aromatic rings. The fraction of sp³-hybridized carbons (Fsp3) is 0.0741. The first-order valence-electron chi connectivity index (χ1n) is 11.6. The number of hydrogen-bond acceptors (Lipinski definition) is 7. The molecule has 2 aromatic heterocycles. The molecule has 38 heavy (non-hydrogen) atoms. The van der Waals surface area contributed by atoms with Crippen LogP contribution in [-0.2, 0) is 11.2 Å². The van der Waals surface area contributed by atoms with Crippen LogP contribution in [0.4, 0.5) is 15.6 Å². The molecule has 0 radical (unpaired) electrons. The number of carbonyl (C=O) groups is 2. The van der Waals surface area contributed by atoms with Crippen molar-refractivity contribution in [2.75, 3.05) is 5.32 Å². The van der Waals surface area contributed by atoms with Crippen LogP contribution < -0.4 is 15.4 Å². The van der Waals surface area contributed by atoms with E-state index < -0.39 is 23.0 Å². The molecule has 2 amide bonds. The summed E-state index contributed by atoms with van der Waals surface area (Å²) in [7, 11) is 0. The molecule has 3 N–H and O–H groups in total. The van der Waals surface area contributed by atoms with E-state index in [4.69, 9.17) is 4.74 Å². The number of aromatic amines is 1. The maximum atomic E-state index is 13.3. The van der Waals surface area contributed by atoms with Gasteiger partial charge in [0.1, 0.15) is 11.8 Å². The fourth-order valence-corrected chi connectivity index (χ4v) is 4.63. The summed E-state index contributed by atoms with van der Waals surface area (Å²) >= 11 is 1.21. The first-order valence-corrected chi connectivity index (χ1v) is 12.4. The van der Waals surface area contributed by atoms with Crippen LogP contribution in [0.2, 0.25) is 0 Å². The average Bonchev–Trinajstić information content (AvgIpc) is 3.56. The number of rotatable bonds is 8. The Balaban J connectivity index is 1.34. The Kier molecular flexibility index (Phi) is 7.09. The van der Waals surface area contributed by atoms with Crippen molar-refractivity contribution in [3.8, 4) is 17.0 Å². The topological polar surface area (TPSA) is 139 Å². The zero-order valence-corrected chi connectivity index (χ0v) is 20.6. The Morgan fingerprint density at radius 1 is 1.03 bits per heavy atom. The number of aromatic nitrogens is 2. The largest absolute Gasteiger partial charge is 0.413 e. The third kappa shape index (κ3) is 5.68. The van der Waals surface area contributed by atoms with Crippen molar-refractivity contribution >= 4 is 45.1 Å². The molecular formula is C27H21N5O5S. The van der Waals surface area contributed by atoms with E-state index in [0.29, 0.717) is 22.1 Å². The number of hydrogen-bond donors (Lipinski definition) is 3. The molecule has 0 bridgehead atoms. The van der Waals surface area contributed by atoms with Crippen LogP contribution in [-0.4, -0.2) is 32.9 Å². The van der Waals surface area contributed by atoms with Crippen molar-refractivity contribution < 1.29 is 19.2 Å². The van der Waals surface area contributed by atoms with Crippen LogP contribution in [0.15, 0.2) is 90.4 Å². The van der Waals surface area contributed by atoms with Crippen molar-refractivity contribution in [1.82, 2.24) is 15.3 Å². The molecule has 190 valence electrons. The molecule has 0 saturated heterocycles. The van der Waals surface area contributed by atoms with Crippen molar-refractivity contribution in [1.29, 1.82) is 0 Å². The van der Waals surface area contributed by atoms with Gasteiger partial charge in [0, 0.05) is 46.6 Å². The predicted octanol–water partition coefficient (Wildman–Crippen LogP) is 5.54. The van der Waals surface area contributed by atoms with Gasteiger partial charge in [0.05, 0.1) is 10.6 Å². The number of nitrogens with zero attached hydrogens (tertiary/aromatic N) is 2. The number of fused-ring (bicyclic) bond motifs is 1. The summed E-state index contributed by atoms with van der Waals surface area (Å²) in [6, 6.07) is 21.3. The van der Waals surface area contributed by atoms with E-state index in [1.165, 1.54) is 23.5 Å². The number of nitro benzene ring substituents is 1. The van der Waals surface area contributed by atoms with E-state index in [1.54, 1.807) is 47.8 Å². The summed E-state index contributed by atoms with van der Waals surface area (Å²) in [5.41, 5.74) is 2.98. The van der Waals surface area contributed by atoms with Crippen molar-refractivity contribution in [3.05, 3.63) is 106 Å². The number of thiazole rings is 1. The lowest BCUT2D eigenvalue weighted by Gasteiger charge is -2.17. The van der Waals surface area contributed by atoms with Gasteiger partial charge in [0.2, 0.25) is 5.91 Å². The van der Waals surface area contributed by atoms with Crippen LogP contribution in [0.1, 0.15) is 5.56 Å². The Bertz CT molecular complexity index is 1600. The van der Waals surface area contributed by atoms with Gasteiger partial charge in [-0.2, -0.15) is 0 Å². The van der Waals surface area contributed by atoms with Gasteiger partial charge in [0.25, 0.3) is 5.69 Å². The number of nitro groups is 1. The Morgan fingerprint density at radius 2 is 1.76 bits per heavy atom. The number of non-ortho nitro benzene ring substituents is 1. The van der Waals surface area contributed by atoms with Gasteiger partial charge in [-0.1, -0.05) is 36.4 Å². The summed E-state index contributed by atoms with van der Waals surface area (Å²) in [5.74, 6) is -0.117. The van der Waals surface area contributed by atoms with Gasteiger partial charge in [-0.3, -0.25) is 14.9 Å². The molecule has 0 unspecified atom stereocenters. The van der Waals surface area contributed by atoms with Gasteiger partial charge in [-0.25, -0.2) is 9.78 Å². The first-order chi connectivity index (χ1) is 18.5. The SMILES string of the molecule is O=C(N[C@@H](Cc1c[nH]c2ccccc12)C(=O)Nc1nc(-c2ccc([N+](=O)[O-])cc2)cs1)Oc1ccccc1. The van der Waals surface area contributed by atoms with E-state index in [1.807, 2.05) is 30.5 Å². The molecule has 0 aliphatic heterocycles. The van der Waals surface area contributed by atoms with E-state index in [9.17, 15) is 19.7 Å². The van der Waals surface area contributed by atoms with Crippen LogP contribution in [0.5, 0.6) is 5.75 Å². The summed E-state index contributed by atoms with van der Waals surface area (Å²) in [6.07, 6.45) is 1.26. The third-order valence-corrected chi connectivity index (χ3v) is 6.53. The van der Waals surface area contributed by atoms with Gasteiger partial charge in [0.15, 0.2) is 5.13 Å². The molecule has 10 nitrogen and oxygen atoms in total. The summed E-state index contributed by atoms with van der Waals surface area (Å²) in [6.45, 7) is 0. The lowest BCUT2D eigenvalue weighted by atomic mass is 10.0.